The molecule has 0 aliphatic carbocycles. The van der Waals surface area contributed by atoms with E-state index in [2.05, 4.69) is 6.07 Å². The number of ether oxygens (including phenoxy) is 1. The zero-order valence-corrected chi connectivity index (χ0v) is 9.79. The van der Waals surface area contributed by atoms with Gasteiger partial charge in [0.1, 0.15) is 5.82 Å². The Labute approximate surface area is 95.4 Å². The van der Waals surface area contributed by atoms with Crippen LogP contribution >= 0.6 is 0 Å². The summed E-state index contributed by atoms with van der Waals surface area (Å²) in [5.74, 6) is -0.763. The molecular formula is C13H16FO2. The van der Waals surface area contributed by atoms with Crippen LogP contribution in [-0.2, 0) is 4.74 Å². The number of carbonyl (C=O) groups excluding carboxylic acids is 1. The molecule has 0 heterocycles. The van der Waals surface area contributed by atoms with Crippen LogP contribution in [0.4, 0.5) is 4.39 Å². The largest absolute Gasteiger partial charge is 0.459 e. The van der Waals surface area contributed by atoms with E-state index < -0.39 is 11.8 Å². The molecule has 16 heavy (non-hydrogen) atoms. The molecule has 0 bridgehead atoms. The highest BCUT2D eigenvalue weighted by Crippen LogP contribution is 2.12. The van der Waals surface area contributed by atoms with Crippen LogP contribution in [0.1, 0.15) is 37.6 Å². The molecule has 0 amide bonds. The van der Waals surface area contributed by atoms with Gasteiger partial charge in [0.05, 0.1) is 11.7 Å². The average molecular weight is 223 g/mol. The van der Waals surface area contributed by atoms with Crippen LogP contribution in [0, 0.1) is 17.8 Å². The maximum atomic E-state index is 13.2. The molecule has 0 fully saturated rings. The van der Waals surface area contributed by atoms with Crippen molar-refractivity contribution in [1.29, 1.82) is 0 Å². The van der Waals surface area contributed by atoms with E-state index in [1.165, 1.54) is 12.1 Å². The summed E-state index contributed by atoms with van der Waals surface area (Å²) in [5, 5.41) is 0. The molecule has 0 aromatic heterocycles. The Balaban J connectivity index is 2.63. The zero-order valence-electron chi connectivity index (χ0n) is 9.79. The van der Waals surface area contributed by atoms with Crippen molar-refractivity contribution in [3.05, 3.63) is 35.6 Å². The summed E-state index contributed by atoms with van der Waals surface area (Å²) < 4.78 is 18.4. The molecule has 0 saturated heterocycles. The summed E-state index contributed by atoms with van der Waals surface area (Å²) in [6.45, 7) is 5.90. The van der Waals surface area contributed by atoms with E-state index >= 15 is 0 Å². The first-order valence-corrected chi connectivity index (χ1v) is 5.37. The number of halogens is 1. The van der Waals surface area contributed by atoms with E-state index in [-0.39, 0.29) is 11.7 Å². The summed E-state index contributed by atoms with van der Waals surface area (Å²) in [5.41, 5.74) is -0.0330. The number of hydrogen-bond donors (Lipinski definition) is 0. The lowest BCUT2D eigenvalue weighted by Gasteiger charge is -2.15. The molecule has 1 unspecified atom stereocenters. The Bertz CT molecular complexity index is 361. The molecular weight excluding hydrogens is 207 g/mol. The highest BCUT2D eigenvalue weighted by Gasteiger charge is 2.16. The summed E-state index contributed by atoms with van der Waals surface area (Å²) in [6.07, 6.45) is 0.572. The monoisotopic (exact) mass is 223 g/mol. The Morgan fingerprint density at radius 1 is 1.50 bits per heavy atom. The molecule has 1 aromatic carbocycles. The van der Waals surface area contributed by atoms with Gasteiger partial charge in [-0.3, -0.25) is 0 Å². The van der Waals surface area contributed by atoms with Crippen LogP contribution in [0.2, 0.25) is 0 Å². The second-order valence-corrected chi connectivity index (χ2v) is 4.25. The van der Waals surface area contributed by atoms with Crippen molar-refractivity contribution in [2.24, 2.45) is 5.92 Å². The lowest BCUT2D eigenvalue weighted by atomic mass is 10.1. The standard InChI is InChI=1S/C13H16FO2/c1-9(2)8-10(3)16-13(15)11-6-4-5-7-12(11)14/h4,6-7,9-10H,8H2,1-3H3. The highest BCUT2D eigenvalue weighted by atomic mass is 19.1. The Morgan fingerprint density at radius 3 is 2.75 bits per heavy atom. The minimum atomic E-state index is -0.611. The van der Waals surface area contributed by atoms with Crippen LogP contribution < -0.4 is 0 Å². The zero-order chi connectivity index (χ0) is 12.1. The van der Waals surface area contributed by atoms with Crippen LogP contribution in [-0.4, -0.2) is 12.1 Å². The SMILES string of the molecule is CC(C)CC(C)OC(=O)c1cc[c]cc1F. The first-order valence-electron chi connectivity index (χ1n) is 5.37. The predicted molar refractivity (Wildman–Crippen MR) is 59.6 cm³/mol. The van der Waals surface area contributed by atoms with Gasteiger partial charge >= 0.3 is 5.97 Å². The fourth-order valence-corrected chi connectivity index (χ4v) is 1.53. The normalized spacial score (nSPS) is 12.6. The van der Waals surface area contributed by atoms with Crippen molar-refractivity contribution in [2.45, 2.75) is 33.3 Å². The molecule has 0 spiro atoms. The minimum absolute atomic E-state index is 0.0330. The van der Waals surface area contributed by atoms with E-state index in [1.54, 1.807) is 0 Å². The van der Waals surface area contributed by atoms with Gasteiger partial charge < -0.3 is 4.74 Å². The molecule has 0 saturated carbocycles. The average Bonchev–Trinajstić information content (AvgIpc) is 2.16. The predicted octanol–water partition coefficient (Wildman–Crippen LogP) is 3.22. The number of rotatable bonds is 4. The lowest BCUT2D eigenvalue weighted by molar-refractivity contribution is 0.0294. The number of hydrogen-bond acceptors (Lipinski definition) is 2. The molecule has 87 valence electrons. The van der Waals surface area contributed by atoms with E-state index in [4.69, 9.17) is 4.74 Å². The van der Waals surface area contributed by atoms with Gasteiger partial charge in [0.25, 0.3) is 0 Å². The summed E-state index contributed by atoms with van der Waals surface area (Å²) in [6, 6.07) is 6.55. The van der Waals surface area contributed by atoms with Gasteiger partial charge in [-0.25, -0.2) is 9.18 Å². The molecule has 1 atom stereocenters. The topological polar surface area (TPSA) is 26.3 Å². The third kappa shape index (κ3) is 3.65. The van der Waals surface area contributed by atoms with E-state index in [1.807, 2.05) is 20.8 Å². The maximum absolute atomic E-state index is 13.2. The van der Waals surface area contributed by atoms with Crippen LogP contribution in [0.25, 0.3) is 0 Å². The first-order chi connectivity index (χ1) is 7.50. The van der Waals surface area contributed by atoms with Crippen molar-refractivity contribution < 1.29 is 13.9 Å². The number of carbonyl (C=O) groups is 1. The van der Waals surface area contributed by atoms with Crippen molar-refractivity contribution >= 4 is 5.97 Å². The van der Waals surface area contributed by atoms with Gasteiger partial charge in [0.15, 0.2) is 0 Å². The molecule has 1 aromatic rings. The van der Waals surface area contributed by atoms with Crippen molar-refractivity contribution in [2.75, 3.05) is 0 Å². The Kier molecular flexibility index (Phi) is 4.47. The highest BCUT2D eigenvalue weighted by molar-refractivity contribution is 5.89. The number of esters is 1. The molecule has 3 heteroatoms. The molecule has 1 rings (SSSR count). The quantitative estimate of drug-likeness (QED) is 0.732. The Hall–Kier alpha value is -1.38. The maximum Gasteiger partial charge on any atom is 0.341 e. The van der Waals surface area contributed by atoms with Crippen LogP contribution in [0.15, 0.2) is 18.2 Å². The van der Waals surface area contributed by atoms with Crippen molar-refractivity contribution in [3.63, 3.8) is 0 Å². The smallest absolute Gasteiger partial charge is 0.341 e. The second kappa shape index (κ2) is 5.64. The first kappa shape index (κ1) is 12.7. The fourth-order valence-electron chi connectivity index (χ4n) is 1.53. The van der Waals surface area contributed by atoms with Crippen molar-refractivity contribution in [3.8, 4) is 0 Å². The molecule has 0 aliphatic heterocycles. The number of benzene rings is 1. The van der Waals surface area contributed by atoms with Crippen LogP contribution in [0.5, 0.6) is 0 Å². The lowest BCUT2D eigenvalue weighted by Crippen LogP contribution is -2.17. The molecule has 2 nitrogen and oxygen atoms in total. The summed E-state index contributed by atoms with van der Waals surface area (Å²) in [7, 11) is 0. The van der Waals surface area contributed by atoms with E-state index in [9.17, 15) is 9.18 Å². The third-order valence-electron chi connectivity index (χ3n) is 2.15. The van der Waals surface area contributed by atoms with E-state index in [0.29, 0.717) is 5.92 Å². The van der Waals surface area contributed by atoms with Gasteiger partial charge in [-0.1, -0.05) is 19.9 Å². The third-order valence-corrected chi connectivity index (χ3v) is 2.15. The summed E-state index contributed by atoms with van der Waals surface area (Å²) in [4.78, 5) is 11.6. The minimum Gasteiger partial charge on any atom is -0.459 e. The summed E-state index contributed by atoms with van der Waals surface area (Å²) >= 11 is 0. The van der Waals surface area contributed by atoms with Gasteiger partial charge in [-0.15, -0.1) is 0 Å². The molecule has 1 radical (unpaired) electrons. The van der Waals surface area contributed by atoms with Crippen molar-refractivity contribution in [1.82, 2.24) is 0 Å². The Morgan fingerprint density at radius 2 is 2.19 bits per heavy atom. The van der Waals surface area contributed by atoms with Gasteiger partial charge in [0.2, 0.25) is 0 Å². The van der Waals surface area contributed by atoms with Crippen LogP contribution in [0.3, 0.4) is 0 Å². The van der Waals surface area contributed by atoms with Gasteiger partial charge in [0, 0.05) is 0 Å². The molecule has 0 N–H and O–H groups in total. The second-order valence-electron chi connectivity index (χ2n) is 4.25. The molecule has 0 aliphatic rings. The van der Waals surface area contributed by atoms with Gasteiger partial charge in [-0.05, 0) is 37.5 Å². The van der Waals surface area contributed by atoms with Gasteiger partial charge in [-0.2, -0.15) is 0 Å². The van der Waals surface area contributed by atoms with E-state index in [0.717, 1.165) is 12.5 Å². The fraction of sp³-hybridized carbons (Fsp3) is 0.462.